The monoisotopic (exact) mass is 218 g/mol. The second-order valence-corrected chi connectivity index (χ2v) is 3.88. The molecule has 1 aromatic rings. The molecule has 5 nitrogen and oxygen atoms in total. The zero-order valence-corrected chi connectivity index (χ0v) is 9.00. The Balaban J connectivity index is 2.27. The van der Waals surface area contributed by atoms with Crippen molar-refractivity contribution in [3.8, 4) is 6.07 Å². The van der Waals surface area contributed by atoms with Crippen LogP contribution in [0.2, 0.25) is 0 Å². The van der Waals surface area contributed by atoms with Gasteiger partial charge in [-0.1, -0.05) is 0 Å². The van der Waals surface area contributed by atoms with E-state index in [9.17, 15) is 0 Å². The third-order valence-electron chi connectivity index (χ3n) is 2.95. The molecule has 0 amide bonds. The molecule has 1 aliphatic carbocycles. The number of aromatic nitrogens is 2. The highest BCUT2D eigenvalue weighted by Crippen LogP contribution is 2.29. The van der Waals surface area contributed by atoms with Crippen LogP contribution in [0.25, 0.3) is 0 Å². The number of rotatable bonds is 4. The summed E-state index contributed by atoms with van der Waals surface area (Å²) >= 11 is 0. The Hall–Kier alpha value is -1.67. The lowest BCUT2D eigenvalue weighted by Gasteiger charge is -2.38. The van der Waals surface area contributed by atoms with Gasteiger partial charge in [-0.3, -0.25) is 0 Å². The SMILES string of the molecule is N#Cc1ccnnc1N(CCO)C1CCC1. The van der Waals surface area contributed by atoms with Crippen molar-refractivity contribution >= 4 is 5.82 Å². The van der Waals surface area contributed by atoms with Gasteiger partial charge in [0.1, 0.15) is 6.07 Å². The third-order valence-corrected chi connectivity index (χ3v) is 2.95. The van der Waals surface area contributed by atoms with E-state index < -0.39 is 0 Å². The summed E-state index contributed by atoms with van der Waals surface area (Å²) < 4.78 is 0. The fourth-order valence-corrected chi connectivity index (χ4v) is 1.89. The summed E-state index contributed by atoms with van der Waals surface area (Å²) in [6.45, 7) is 0.579. The predicted octanol–water partition coefficient (Wildman–Crippen LogP) is 0.699. The molecule has 1 aromatic heterocycles. The Morgan fingerprint density at radius 3 is 2.94 bits per heavy atom. The molecule has 0 bridgehead atoms. The molecule has 0 atom stereocenters. The minimum Gasteiger partial charge on any atom is -0.395 e. The van der Waals surface area contributed by atoms with Crippen molar-refractivity contribution in [3.63, 3.8) is 0 Å². The summed E-state index contributed by atoms with van der Waals surface area (Å²) in [7, 11) is 0. The van der Waals surface area contributed by atoms with Gasteiger partial charge in [-0.2, -0.15) is 10.4 Å². The third kappa shape index (κ3) is 1.97. The van der Waals surface area contributed by atoms with Gasteiger partial charge in [-0.25, -0.2) is 0 Å². The van der Waals surface area contributed by atoms with Crippen LogP contribution < -0.4 is 4.90 Å². The second kappa shape index (κ2) is 4.90. The van der Waals surface area contributed by atoms with E-state index in [1.807, 2.05) is 4.90 Å². The lowest BCUT2D eigenvalue weighted by molar-refractivity contribution is 0.282. The van der Waals surface area contributed by atoms with E-state index in [0.29, 0.717) is 24.0 Å². The lowest BCUT2D eigenvalue weighted by Crippen LogP contribution is -2.43. The van der Waals surface area contributed by atoms with Crippen LogP contribution in [0.5, 0.6) is 0 Å². The average Bonchev–Trinajstić information content (AvgIpc) is 2.26. The maximum atomic E-state index is 9.06. The van der Waals surface area contributed by atoms with E-state index in [1.165, 1.54) is 12.6 Å². The fourth-order valence-electron chi connectivity index (χ4n) is 1.89. The Bertz CT molecular complexity index is 397. The van der Waals surface area contributed by atoms with E-state index in [0.717, 1.165) is 12.8 Å². The lowest BCUT2D eigenvalue weighted by atomic mass is 9.91. The Labute approximate surface area is 94.3 Å². The summed E-state index contributed by atoms with van der Waals surface area (Å²) in [5.41, 5.74) is 0.523. The number of hydrogen-bond acceptors (Lipinski definition) is 5. The van der Waals surface area contributed by atoms with Gasteiger partial charge >= 0.3 is 0 Å². The first kappa shape index (κ1) is 10.8. The van der Waals surface area contributed by atoms with Gasteiger partial charge < -0.3 is 10.0 Å². The first-order valence-corrected chi connectivity index (χ1v) is 5.46. The largest absolute Gasteiger partial charge is 0.395 e. The number of aliphatic hydroxyl groups excluding tert-OH is 1. The zero-order chi connectivity index (χ0) is 11.4. The summed E-state index contributed by atoms with van der Waals surface area (Å²) in [5, 5.41) is 25.9. The Morgan fingerprint density at radius 1 is 1.56 bits per heavy atom. The van der Waals surface area contributed by atoms with Crippen molar-refractivity contribution in [3.05, 3.63) is 17.8 Å². The maximum Gasteiger partial charge on any atom is 0.169 e. The molecule has 1 aliphatic rings. The first-order valence-electron chi connectivity index (χ1n) is 5.46. The molecule has 0 saturated heterocycles. The van der Waals surface area contributed by atoms with Crippen LogP contribution in [0.4, 0.5) is 5.82 Å². The predicted molar refractivity (Wildman–Crippen MR) is 58.8 cm³/mol. The van der Waals surface area contributed by atoms with Crippen molar-refractivity contribution in [1.29, 1.82) is 5.26 Å². The normalized spacial score (nSPS) is 15.2. The molecular formula is C11H14N4O. The van der Waals surface area contributed by atoms with Crippen molar-refractivity contribution in [1.82, 2.24) is 10.2 Å². The number of hydrogen-bond donors (Lipinski definition) is 1. The fraction of sp³-hybridized carbons (Fsp3) is 0.545. The highest BCUT2D eigenvalue weighted by Gasteiger charge is 2.27. The molecule has 0 aliphatic heterocycles. The van der Waals surface area contributed by atoms with Crippen molar-refractivity contribution in [2.75, 3.05) is 18.1 Å². The molecule has 0 aromatic carbocycles. The molecule has 1 saturated carbocycles. The molecule has 16 heavy (non-hydrogen) atoms. The number of nitrogens with zero attached hydrogens (tertiary/aromatic N) is 4. The van der Waals surface area contributed by atoms with Gasteiger partial charge in [0.15, 0.2) is 5.82 Å². The van der Waals surface area contributed by atoms with Crippen LogP contribution >= 0.6 is 0 Å². The second-order valence-electron chi connectivity index (χ2n) is 3.88. The highest BCUT2D eigenvalue weighted by molar-refractivity contribution is 5.53. The van der Waals surface area contributed by atoms with Crippen LogP contribution in [0.3, 0.4) is 0 Å². The smallest absolute Gasteiger partial charge is 0.169 e. The van der Waals surface area contributed by atoms with Crippen molar-refractivity contribution in [2.24, 2.45) is 0 Å². The Kier molecular flexibility index (Phi) is 3.32. The summed E-state index contributed by atoms with van der Waals surface area (Å²) in [5.74, 6) is 0.601. The van der Waals surface area contributed by atoms with Crippen LogP contribution in [-0.4, -0.2) is 34.5 Å². The molecule has 1 N–H and O–H groups in total. The molecule has 0 spiro atoms. The molecule has 84 valence electrons. The quantitative estimate of drug-likeness (QED) is 0.805. The van der Waals surface area contributed by atoms with Crippen molar-refractivity contribution < 1.29 is 5.11 Å². The van der Waals surface area contributed by atoms with E-state index in [1.54, 1.807) is 6.07 Å². The molecular weight excluding hydrogens is 204 g/mol. The number of anilines is 1. The molecule has 1 heterocycles. The number of nitriles is 1. The van der Waals surface area contributed by atoms with Crippen LogP contribution in [-0.2, 0) is 0 Å². The highest BCUT2D eigenvalue weighted by atomic mass is 16.3. The standard InChI is InChI=1S/C11H14N4O/c12-8-9-4-5-13-14-11(9)15(6-7-16)10-2-1-3-10/h4-5,10,16H,1-3,6-7H2. The summed E-state index contributed by atoms with van der Waals surface area (Å²) in [6.07, 6.45) is 4.91. The van der Waals surface area contributed by atoms with Crippen molar-refractivity contribution in [2.45, 2.75) is 25.3 Å². The summed E-state index contributed by atoms with van der Waals surface area (Å²) in [6, 6.07) is 4.17. The topological polar surface area (TPSA) is 73.0 Å². The van der Waals surface area contributed by atoms with Gasteiger partial charge in [0.2, 0.25) is 0 Å². The first-order chi connectivity index (χ1) is 7.86. The van der Waals surface area contributed by atoms with E-state index >= 15 is 0 Å². The Morgan fingerprint density at radius 2 is 2.38 bits per heavy atom. The van der Waals surface area contributed by atoms with Gasteiger partial charge in [-0.05, 0) is 25.3 Å². The van der Waals surface area contributed by atoms with Crippen LogP contribution in [0.1, 0.15) is 24.8 Å². The van der Waals surface area contributed by atoms with Crippen LogP contribution in [0, 0.1) is 11.3 Å². The van der Waals surface area contributed by atoms with E-state index in [2.05, 4.69) is 16.3 Å². The minimum absolute atomic E-state index is 0.0674. The van der Waals surface area contributed by atoms with Crippen LogP contribution in [0.15, 0.2) is 12.3 Å². The molecule has 0 unspecified atom stereocenters. The van der Waals surface area contributed by atoms with E-state index in [4.69, 9.17) is 10.4 Å². The van der Waals surface area contributed by atoms with Gasteiger partial charge in [-0.15, -0.1) is 5.10 Å². The molecule has 0 radical (unpaired) electrons. The minimum atomic E-state index is 0.0674. The number of aliphatic hydroxyl groups is 1. The van der Waals surface area contributed by atoms with Gasteiger partial charge in [0.05, 0.1) is 18.4 Å². The maximum absolute atomic E-state index is 9.06. The zero-order valence-electron chi connectivity index (χ0n) is 9.00. The summed E-state index contributed by atoms with van der Waals surface area (Å²) in [4.78, 5) is 2.00. The average molecular weight is 218 g/mol. The molecule has 1 fully saturated rings. The molecule has 2 rings (SSSR count). The van der Waals surface area contributed by atoms with E-state index in [-0.39, 0.29) is 6.61 Å². The van der Waals surface area contributed by atoms with Gasteiger partial charge in [0.25, 0.3) is 0 Å². The van der Waals surface area contributed by atoms with Gasteiger partial charge in [0, 0.05) is 12.6 Å². The molecule has 5 heteroatoms.